The van der Waals surface area contributed by atoms with Crippen LogP contribution in [-0.4, -0.2) is 47.2 Å². The van der Waals surface area contributed by atoms with Crippen molar-refractivity contribution >= 4 is 39.4 Å². The maximum Gasteiger partial charge on any atom is 0.235 e. The summed E-state index contributed by atoms with van der Waals surface area (Å²) in [6, 6.07) is 14.3. The summed E-state index contributed by atoms with van der Waals surface area (Å²) in [6.45, 7) is 5.19. The van der Waals surface area contributed by atoms with Gasteiger partial charge in [0.1, 0.15) is 5.82 Å². The van der Waals surface area contributed by atoms with Gasteiger partial charge >= 0.3 is 0 Å². The molecule has 1 unspecified atom stereocenters. The Kier molecular flexibility index (Phi) is 6.37. The molecule has 3 rings (SSSR count). The second-order valence-corrected chi connectivity index (χ2v) is 8.33. The Morgan fingerprint density at radius 2 is 1.88 bits per heavy atom. The summed E-state index contributed by atoms with van der Waals surface area (Å²) < 4.78 is 0.981. The van der Waals surface area contributed by atoms with Crippen LogP contribution >= 0.6 is 27.7 Å². The molecule has 6 heteroatoms. The van der Waals surface area contributed by atoms with Crippen LogP contribution in [0.5, 0.6) is 0 Å². The van der Waals surface area contributed by atoms with E-state index in [-0.39, 0.29) is 11.2 Å². The zero-order valence-corrected chi connectivity index (χ0v) is 16.7. The highest BCUT2D eigenvalue weighted by atomic mass is 79.9. The molecule has 25 heavy (non-hydrogen) atoms. The number of piperazine rings is 1. The van der Waals surface area contributed by atoms with Crippen molar-refractivity contribution < 1.29 is 4.79 Å². The summed E-state index contributed by atoms with van der Waals surface area (Å²) in [7, 11) is 0. The molecule has 1 aromatic heterocycles. The molecule has 1 amide bonds. The first-order chi connectivity index (χ1) is 12.1. The number of pyridine rings is 1. The number of hydrogen-bond acceptors (Lipinski definition) is 4. The molecule has 0 saturated carbocycles. The Bertz CT molecular complexity index is 688. The molecule has 1 aromatic carbocycles. The third kappa shape index (κ3) is 4.98. The topological polar surface area (TPSA) is 36.4 Å². The molecular formula is C19H22BrN3OS. The minimum atomic E-state index is -0.0161. The molecule has 1 aliphatic heterocycles. The average Bonchev–Trinajstić information content (AvgIpc) is 2.67. The minimum Gasteiger partial charge on any atom is -0.353 e. The maximum absolute atomic E-state index is 12.7. The first kappa shape index (κ1) is 18.3. The standard InChI is InChI=1S/C19H22BrN3OS/c1-15(25-14-16-5-3-2-4-6-16)19(24)23-11-9-22(10-12-23)18-8-7-17(20)13-21-18/h2-8,13,15H,9-12,14H2,1H3. The fourth-order valence-corrected chi connectivity index (χ4v) is 4.00. The molecule has 132 valence electrons. The van der Waals surface area contributed by atoms with Crippen LogP contribution in [0.2, 0.25) is 0 Å². The van der Waals surface area contributed by atoms with Gasteiger partial charge < -0.3 is 9.80 Å². The Morgan fingerprint density at radius 1 is 1.16 bits per heavy atom. The predicted octanol–water partition coefficient (Wildman–Crippen LogP) is 3.81. The van der Waals surface area contributed by atoms with Crippen molar-refractivity contribution in [3.63, 3.8) is 0 Å². The van der Waals surface area contributed by atoms with Crippen molar-refractivity contribution in [1.29, 1.82) is 0 Å². The maximum atomic E-state index is 12.7. The highest BCUT2D eigenvalue weighted by Crippen LogP contribution is 2.21. The highest BCUT2D eigenvalue weighted by Gasteiger charge is 2.25. The zero-order chi connectivity index (χ0) is 17.6. The monoisotopic (exact) mass is 419 g/mol. The number of benzene rings is 1. The number of rotatable bonds is 5. The van der Waals surface area contributed by atoms with Gasteiger partial charge in [-0.15, -0.1) is 11.8 Å². The largest absolute Gasteiger partial charge is 0.353 e. The summed E-state index contributed by atoms with van der Waals surface area (Å²) in [5, 5.41) is -0.0161. The number of thioether (sulfide) groups is 1. The number of carbonyl (C=O) groups excluding carboxylic acids is 1. The van der Waals surface area contributed by atoms with Crippen molar-refractivity contribution in [3.05, 3.63) is 58.7 Å². The lowest BCUT2D eigenvalue weighted by molar-refractivity contribution is -0.130. The van der Waals surface area contributed by atoms with E-state index in [0.717, 1.165) is 42.2 Å². The van der Waals surface area contributed by atoms with E-state index in [1.165, 1.54) is 5.56 Å². The molecule has 0 spiro atoms. The summed E-state index contributed by atoms with van der Waals surface area (Å²) in [4.78, 5) is 21.3. The molecule has 0 N–H and O–H groups in total. The average molecular weight is 420 g/mol. The van der Waals surface area contributed by atoms with Gasteiger partial charge in [0.2, 0.25) is 5.91 Å². The van der Waals surface area contributed by atoms with E-state index in [1.807, 2.05) is 48.4 Å². The second-order valence-electron chi connectivity index (χ2n) is 6.09. The first-order valence-electron chi connectivity index (χ1n) is 8.44. The number of carbonyl (C=O) groups is 1. The third-order valence-electron chi connectivity index (χ3n) is 4.32. The van der Waals surface area contributed by atoms with Crippen molar-refractivity contribution in [2.45, 2.75) is 17.9 Å². The number of hydrogen-bond donors (Lipinski definition) is 0. The molecule has 1 fully saturated rings. The normalized spacial score (nSPS) is 15.9. The lowest BCUT2D eigenvalue weighted by Crippen LogP contribution is -2.50. The summed E-state index contributed by atoms with van der Waals surface area (Å²) >= 11 is 5.12. The molecule has 1 atom stereocenters. The highest BCUT2D eigenvalue weighted by molar-refractivity contribution is 9.10. The van der Waals surface area contributed by atoms with Crippen LogP contribution < -0.4 is 4.90 Å². The minimum absolute atomic E-state index is 0.0161. The fourth-order valence-electron chi connectivity index (χ4n) is 2.83. The van der Waals surface area contributed by atoms with E-state index in [1.54, 1.807) is 11.8 Å². The Morgan fingerprint density at radius 3 is 2.52 bits per heavy atom. The molecule has 0 aliphatic carbocycles. The lowest BCUT2D eigenvalue weighted by atomic mass is 10.2. The lowest BCUT2D eigenvalue weighted by Gasteiger charge is -2.36. The van der Waals surface area contributed by atoms with Crippen LogP contribution in [0.25, 0.3) is 0 Å². The third-order valence-corrected chi connectivity index (χ3v) is 5.99. The van der Waals surface area contributed by atoms with E-state index in [9.17, 15) is 4.79 Å². The summed E-state index contributed by atoms with van der Waals surface area (Å²) in [5.41, 5.74) is 1.26. The number of anilines is 1. The first-order valence-corrected chi connectivity index (χ1v) is 10.3. The number of aromatic nitrogens is 1. The molecule has 1 saturated heterocycles. The SMILES string of the molecule is CC(SCc1ccccc1)C(=O)N1CCN(c2ccc(Br)cn2)CC1. The molecule has 1 aliphatic rings. The fraction of sp³-hybridized carbons (Fsp3) is 0.368. The van der Waals surface area contributed by atoms with E-state index < -0.39 is 0 Å². The van der Waals surface area contributed by atoms with E-state index >= 15 is 0 Å². The van der Waals surface area contributed by atoms with Crippen molar-refractivity contribution in [2.24, 2.45) is 0 Å². The Labute approximate surface area is 161 Å². The van der Waals surface area contributed by atoms with Gasteiger partial charge in [0.15, 0.2) is 0 Å². The smallest absolute Gasteiger partial charge is 0.235 e. The van der Waals surface area contributed by atoms with Gasteiger partial charge in [0.05, 0.1) is 5.25 Å². The van der Waals surface area contributed by atoms with Crippen LogP contribution in [0.4, 0.5) is 5.82 Å². The van der Waals surface area contributed by atoms with Crippen LogP contribution in [0.15, 0.2) is 53.1 Å². The predicted molar refractivity (Wildman–Crippen MR) is 108 cm³/mol. The van der Waals surface area contributed by atoms with Crippen LogP contribution in [-0.2, 0) is 10.5 Å². The van der Waals surface area contributed by atoms with Crippen molar-refractivity contribution in [2.75, 3.05) is 31.1 Å². The van der Waals surface area contributed by atoms with Gasteiger partial charge in [0, 0.05) is 42.6 Å². The van der Waals surface area contributed by atoms with Crippen molar-refractivity contribution in [3.8, 4) is 0 Å². The van der Waals surface area contributed by atoms with Crippen LogP contribution in [0.1, 0.15) is 12.5 Å². The number of amides is 1. The van der Waals surface area contributed by atoms with Gasteiger partial charge in [-0.1, -0.05) is 30.3 Å². The Hall–Kier alpha value is -1.53. The van der Waals surface area contributed by atoms with E-state index in [4.69, 9.17) is 0 Å². The van der Waals surface area contributed by atoms with Crippen LogP contribution in [0, 0.1) is 0 Å². The molecule has 0 bridgehead atoms. The summed E-state index contributed by atoms with van der Waals surface area (Å²) in [6.07, 6.45) is 1.81. The second kappa shape index (κ2) is 8.72. The molecule has 0 radical (unpaired) electrons. The van der Waals surface area contributed by atoms with Crippen molar-refractivity contribution in [1.82, 2.24) is 9.88 Å². The number of nitrogens with zero attached hydrogens (tertiary/aromatic N) is 3. The van der Waals surface area contributed by atoms with Crippen LogP contribution in [0.3, 0.4) is 0 Å². The van der Waals surface area contributed by atoms with Gasteiger partial charge in [0.25, 0.3) is 0 Å². The molecule has 2 aromatic rings. The molecule has 2 heterocycles. The van der Waals surface area contributed by atoms with E-state index in [0.29, 0.717) is 0 Å². The quantitative estimate of drug-likeness (QED) is 0.737. The zero-order valence-electron chi connectivity index (χ0n) is 14.3. The van der Waals surface area contributed by atoms with Gasteiger partial charge in [-0.2, -0.15) is 0 Å². The molecule has 4 nitrogen and oxygen atoms in total. The van der Waals surface area contributed by atoms with Gasteiger partial charge in [-0.3, -0.25) is 4.79 Å². The molecular weight excluding hydrogens is 398 g/mol. The van der Waals surface area contributed by atoms with Gasteiger partial charge in [-0.05, 0) is 40.5 Å². The van der Waals surface area contributed by atoms with Gasteiger partial charge in [-0.25, -0.2) is 4.98 Å². The van der Waals surface area contributed by atoms with E-state index in [2.05, 4.69) is 37.9 Å². The Balaban J connectivity index is 1.48. The summed E-state index contributed by atoms with van der Waals surface area (Å²) in [5.74, 6) is 2.09. The number of halogens is 1.